The van der Waals surface area contributed by atoms with E-state index < -0.39 is 11.5 Å². The maximum atomic E-state index is 12.8. The molecule has 1 spiro atoms. The molecule has 0 unspecified atom stereocenters. The van der Waals surface area contributed by atoms with Gasteiger partial charge in [0.25, 0.3) is 0 Å². The summed E-state index contributed by atoms with van der Waals surface area (Å²) in [6.07, 6.45) is 5.83. The number of nitrogens with zero attached hydrogens (tertiary/aromatic N) is 1. The fourth-order valence-corrected chi connectivity index (χ4v) is 5.38. The maximum Gasteiger partial charge on any atom is 0.242 e. The van der Waals surface area contributed by atoms with Crippen molar-refractivity contribution < 1.29 is 14.3 Å². The number of hydrogen-bond acceptors (Lipinski definition) is 5. The highest BCUT2D eigenvalue weighted by atomic mass is 35.5. The molecule has 4 aliphatic rings. The van der Waals surface area contributed by atoms with Crippen molar-refractivity contribution in [3.63, 3.8) is 0 Å². The van der Waals surface area contributed by atoms with Crippen LogP contribution in [0.2, 0.25) is 5.15 Å². The van der Waals surface area contributed by atoms with E-state index in [9.17, 15) is 9.59 Å². The van der Waals surface area contributed by atoms with Crippen LogP contribution in [-0.2, 0) is 19.7 Å². The second-order valence-electron chi connectivity index (χ2n) is 8.64. The molecule has 2 amide bonds. The van der Waals surface area contributed by atoms with Crippen molar-refractivity contribution in [1.82, 2.24) is 4.98 Å². The lowest BCUT2D eigenvalue weighted by Gasteiger charge is -2.31. The Balaban J connectivity index is 1.37. The molecule has 1 aromatic heterocycles. The van der Waals surface area contributed by atoms with Crippen molar-refractivity contribution in [1.29, 1.82) is 0 Å². The predicted molar refractivity (Wildman–Crippen MR) is 105 cm³/mol. The first-order chi connectivity index (χ1) is 13.5. The van der Waals surface area contributed by atoms with Gasteiger partial charge < -0.3 is 21.1 Å². The monoisotopic (exact) mass is 404 g/mol. The van der Waals surface area contributed by atoms with Gasteiger partial charge in [-0.1, -0.05) is 11.6 Å². The van der Waals surface area contributed by atoms with Crippen molar-refractivity contribution in [2.75, 3.05) is 23.8 Å². The molecule has 4 N–H and O–H groups in total. The number of carbonyl (C=O) groups excluding carboxylic acids is 2. The number of nitrogens with two attached hydrogens (primary N) is 1. The predicted octanol–water partition coefficient (Wildman–Crippen LogP) is 2.44. The van der Waals surface area contributed by atoms with Crippen molar-refractivity contribution >= 4 is 34.9 Å². The van der Waals surface area contributed by atoms with Crippen molar-refractivity contribution in [3.05, 3.63) is 16.8 Å². The molecular weight excluding hydrogens is 380 g/mol. The summed E-state index contributed by atoms with van der Waals surface area (Å²) in [6.45, 7) is 1.03. The van der Waals surface area contributed by atoms with Crippen LogP contribution in [0.15, 0.2) is 6.07 Å². The fraction of sp³-hybridized carbons (Fsp3) is 0.650. The molecule has 2 aliphatic carbocycles. The third-order valence-corrected chi connectivity index (χ3v) is 7.06. The van der Waals surface area contributed by atoms with E-state index in [1.54, 1.807) is 6.07 Å². The molecule has 28 heavy (non-hydrogen) atoms. The molecule has 1 saturated heterocycles. The molecule has 1 atom stereocenters. The van der Waals surface area contributed by atoms with E-state index >= 15 is 0 Å². The average Bonchev–Trinajstić information content (AvgIpc) is 3.57. The van der Waals surface area contributed by atoms with Crippen molar-refractivity contribution in [3.8, 4) is 0 Å². The smallest absolute Gasteiger partial charge is 0.242 e. The third-order valence-electron chi connectivity index (χ3n) is 6.78. The molecule has 2 aliphatic heterocycles. The molecule has 5 rings (SSSR count). The van der Waals surface area contributed by atoms with Crippen LogP contribution in [0.5, 0.6) is 0 Å². The molecule has 0 bridgehead atoms. The topological polar surface area (TPSA) is 106 Å². The number of pyridine rings is 1. The quantitative estimate of drug-likeness (QED) is 0.653. The second-order valence-corrected chi connectivity index (χ2v) is 8.99. The minimum absolute atomic E-state index is 0.0720. The Morgan fingerprint density at radius 3 is 2.54 bits per heavy atom. The Bertz CT molecular complexity index is 819. The Morgan fingerprint density at radius 1 is 1.29 bits per heavy atom. The van der Waals surface area contributed by atoms with Gasteiger partial charge in [0.2, 0.25) is 11.8 Å². The number of anilines is 2. The summed E-state index contributed by atoms with van der Waals surface area (Å²) >= 11 is 6.48. The van der Waals surface area contributed by atoms with Crippen LogP contribution in [0.3, 0.4) is 0 Å². The average molecular weight is 405 g/mol. The molecule has 3 fully saturated rings. The zero-order chi connectivity index (χ0) is 19.5. The summed E-state index contributed by atoms with van der Waals surface area (Å²) in [4.78, 5) is 29.8. The molecule has 7 nitrogen and oxygen atoms in total. The maximum absolute atomic E-state index is 12.8. The van der Waals surface area contributed by atoms with Crippen LogP contribution in [0.25, 0.3) is 0 Å². The Morgan fingerprint density at radius 2 is 1.93 bits per heavy atom. The molecule has 150 valence electrons. The van der Waals surface area contributed by atoms with Gasteiger partial charge in [0.1, 0.15) is 11.0 Å². The zero-order valence-electron chi connectivity index (χ0n) is 15.7. The van der Waals surface area contributed by atoms with Gasteiger partial charge in [-0.25, -0.2) is 4.98 Å². The number of carbonyl (C=O) groups is 2. The summed E-state index contributed by atoms with van der Waals surface area (Å²) in [6, 6.07) is 1.15. The van der Waals surface area contributed by atoms with Gasteiger partial charge in [-0.15, -0.1) is 0 Å². The largest absolute Gasteiger partial charge is 0.381 e. The first-order valence-corrected chi connectivity index (χ1v) is 10.5. The lowest BCUT2D eigenvalue weighted by molar-refractivity contribution is -0.124. The van der Waals surface area contributed by atoms with Crippen molar-refractivity contribution in [2.24, 2.45) is 23.5 Å². The highest BCUT2D eigenvalue weighted by Crippen LogP contribution is 2.51. The molecule has 1 aromatic rings. The Labute approximate surface area is 168 Å². The normalized spacial score (nSPS) is 24.2. The highest BCUT2D eigenvalue weighted by Gasteiger charge is 2.50. The minimum atomic E-state index is -0.681. The summed E-state index contributed by atoms with van der Waals surface area (Å²) in [5.41, 5.74) is 6.98. The summed E-state index contributed by atoms with van der Waals surface area (Å²) in [5, 5.41) is 6.00. The Hall–Kier alpha value is -1.70. The SMILES string of the molecule is N[C@H](C(=O)Nc1cc2c(c(Cl)n1)C1(CCOCC1)C(=O)N2)C(C1CC1)C1CC1. The van der Waals surface area contributed by atoms with Gasteiger partial charge in [0.15, 0.2) is 0 Å². The molecule has 0 radical (unpaired) electrons. The van der Waals surface area contributed by atoms with E-state index in [-0.39, 0.29) is 22.9 Å². The number of halogens is 1. The van der Waals surface area contributed by atoms with E-state index in [1.807, 2.05) is 0 Å². The van der Waals surface area contributed by atoms with Gasteiger partial charge in [0, 0.05) is 24.8 Å². The van der Waals surface area contributed by atoms with Crippen LogP contribution in [0.1, 0.15) is 44.1 Å². The standard InChI is InChI=1S/C20H25ClN4O3/c21-17-15-12(23-19(27)20(15)5-7-28-8-6-20)9-13(24-17)25-18(26)16(22)14(10-1-2-10)11-3-4-11/h9-11,14,16H,1-8,22H2,(H,23,27)(H,24,25,26)/t16-/m0/s1. The lowest BCUT2D eigenvalue weighted by atomic mass is 9.76. The van der Waals surface area contributed by atoms with Gasteiger partial charge in [-0.3, -0.25) is 9.59 Å². The molecule has 2 saturated carbocycles. The van der Waals surface area contributed by atoms with E-state index in [2.05, 4.69) is 15.6 Å². The van der Waals surface area contributed by atoms with E-state index in [1.165, 1.54) is 25.7 Å². The number of hydrogen-bond donors (Lipinski definition) is 3. The van der Waals surface area contributed by atoms with Gasteiger partial charge in [0.05, 0.1) is 17.1 Å². The zero-order valence-corrected chi connectivity index (χ0v) is 16.4. The highest BCUT2D eigenvalue weighted by molar-refractivity contribution is 6.32. The van der Waals surface area contributed by atoms with Crippen LogP contribution in [0, 0.1) is 17.8 Å². The summed E-state index contributed by atoms with van der Waals surface area (Å²) in [5.74, 6) is 1.46. The summed E-state index contributed by atoms with van der Waals surface area (Å²) < 4.78 is 5.42. The first kappa shape index (κ1) is 18.3. The van der Waals surface area contributed by atoms with Crippen LogP contribution < -0.4 is 16.4 Å². The lowest BCUT2D eigenvalue weighted by Crippen LogP contribution is -2.44. The molecular formula is C20H25ClN4O3. The van der Waals surface area contributed by atoms with Crippen LogP contribution >= 0.6 is 11.6 Å². The fourth-order valence-electron chi connectivity index (χ4n) is 5.00. The van der Waals surface area contributed by atoms with Gasteiger partial charge in [-0.05, 0) is 56.3 Å². The van der Waals surface area contributed by atoms with E-state index in [0.29, 0.717) is 49.4 Å². The number of fused-ring (bicyclic) bond motifs is 2. The van der Waals surface area contributed by atoms with Crippen molar-refractivity contribution in [2.45, 2.75) is 50.0 Å². The first-order valence-electron chi connectivity index (χ1n) is 10.2. The third kappa shape index (κ3) is 3.00. The number of nitrogens with one attached hydrogen (secondary N) is 2. The van der Waals surface area contributed by atoms with E-state index in [4.69, 9.17) is 22.1 Å². The summed E-state index contributed by atoms with van der Waals surface area (Å²) in [7, 11) is 0. The number of ether oxygens (including phenoxy) is 1. The number of rotatable bonds is 5. The Kier molecular flexibility index (Phi) is 4.37. The minimum Gasteiger partial charge on any atom is -0.381 e. The van der Waals surface area contributed by atoms with Gasteiger partial charge >= 0.3 is 0 Å². The van der Waals surface area contributed by atoms with Crippen LogP contribution in [-0.4, -0.2) is 36.1 Å². The molecule has 8 heteroatoms. The molecule has 3 heterocycles. The van der Waals surface area contributed by atoms with Crippen LogP contribution in [0.4, 0.5) is 11.5 Å². The second kappa shape index (κ2) is 6.68. The number of aromatic nitrogens is 1. The molecule has 0 aromatic carbocycles. The van der Waals surface area contributed by atoms with E-state index in [0.717, 1.165) is 5.56 Å². The van der Waals surface area contributed by atoms with Gasteiger partial charge in [-0.2, -0.15) is 0 Å². The number of amides is 2.